The molecule has 0 aliphatic rings. The zero-order chi connectivity index (χ0) is 21.3. The van der Waals surface area contributed by atoms with Gasteiger partial charge in [0, 0.05) is 27.6 Å². The number of benzene rings is 2. The van der Waals surface area contributed by atoms with Gasteiger partial charge in [0.05, 0.1) is 0 Å². The van der Waals surface area contributed by atoms with Gasteiger partial charge in [0.2, 0.25) is 0 Å². The second-order valence-corrected chi connectivity index (χ2v) is 8.96. The van der Waals surface area contributed by atoms with Gasteiger partial charge in [-0.15, -0.1) is 23.1 Å². The molecule has 0 atom stereocenters. The van der Waals surface area contributed by atoms with Gasteiger partial charge in [-0.3, -0.25) is 9.59 Å². The fraction of sp³-hybridized carbons (Fsp3) is 0.167. The number of hydrogen-bond donors (Lipinski definition) is 2. The smallest absolute Gasteiger partial charge is 0.267 e. The Labute approximate surface area is 185 Å². The first kappa shape index (κ1) is 21.9. The summed E-state index contributed by atoms with van der Waals surface area (Å²) in [6, 6.07) is 19.4. The van der Waals surface area contributed by atoms with Crippen molar-refractivity contribution in [2.75, 3.05) is 12.3 Å². The highest BCUT2D eigenvalue weighted by atomic mass is 32.2. The third kappa shape index (κ3) is 6.61. The van der Waals surface area contributed by atoms with Crippen LogP contribution in [0.4, 0.5) is 0 Å². The van der Waals surface area contributed by atoms with Gasteiger partial charge >= 0.3 is 0 Å². The van der Waals surface area contributed by atoms with Crippen molar-refractivity contribution in [3.63, 3.8) is 0 Å². The zero-order valence-corrected chi connectivity index (χ0v) is 18.6. The molecule has 2 aromatic carbocycles. The normalized spacial score (nSPS) is 11.2. The molecule has 1 aromatic heterocycles. The minimum Gasteiger partial charge on any atom is -0.350 e. The average molecular weight is 437 g/mol. The predicted octanol–water partition coefficient (Wildman–Crippen LogP) is 5.04. The van der Waals surface area contributed by atoms with Crippen LogP contribution < -0.4 is 10.6 Å². The molecule has 0 aliphatic heterocycles. The van der Waals surface area contributed by atoms with Crippen LogP contribution in [0.5, 0.6) is 0 Å². The number of nitrogens with one attached hydrogen (secondary N) is 2. The molecule has 1 heterocycles. The van der Waals surface area contributed by atoms with E-state index in [1.807, 2.05) is 36.6 Å². The summed E-state index contributed by atoms with van der Waals surface area (Å²) in [7, 11) is 0. The summed E-state index contributed by atoms with van der Waals surface area (Å²) in [6.45, 7) is 4.48. The molecule has 2 amide bonds. The van der Waals surface area contributed by atoms with E-state index in [0.717, 1.165) is 21.1 Å². The van der Waals surface area contributed by atoms with E-state index in [-0.39, 0.29) is 17.5 Å². The minimum atomic E-state index is -0.300. The fourth-order valence-corrected chi connectivity index (χ4v) is 4.14. The summed E-state index contributed by atoms with van der Waals surface area (Å²) in [6.07, 6.45) is 1.71. The Bertz CT molecular complexity index is 1030. The molecule has 0 bridgehead atoms. The highest BCUT2D eigenvalue weighted by Gasteiger charge is 2.15. The molecular weight excluding hydrogens is 412 g/mol. The summed E-state index contributed by atoms with van der Waals surface area (Å²) in [5, 5.41) is 7.61. The van der Waals surface area contributed by atoms with Gasteiger partial charge in [-0.05, 0) is 55.6 Å². The molecule has 0 saturated heterocycles. The number of thiophene rings is 1. The largest absolute Gasteiger partial charge is 0.350 e. The second-order valence-electron chi connectivity index (χ2n) is 6.81. The molecule has 30 heavy (non-hydrogen) atoms. The Morgan fingerprint density at radius 2 is 1.80 bits per heavy atom. The van der Waals surface area contributed by atoms with E-state index in [4.69, 9.17) is 0 Å². The van der Waals surface area contributed by atoms with Gasteiger partial charge in [0.15, 0.2) is 0 Å². The topological polar surface area (TPSA) is 58.2 Å². The summed E-state index contributed by atoms with van der Waals surface area (Å²) in [5.41, 5.74) is 2.98. The van der Waals surface area contributed by atoms with Crippen molar-refractivity contribution in [2.45, 2.75) is 18.7 Å². The monoisotopic (exact) mass is 436 g/mol. The van der Waals surface area contributed by atoms with Crippen molar-refractivity contribution < 1.29 is 9.59 Å². The molecule has 2 N–H and O–H groups in total. The van der Waals surface area contributed by atoms with E-state index in [1.54, 1.807) is 30.0 Å². The summed E-state index contributed by atoms with van der Waals surface area (Å²) in [4.78, 5) is 27.5. The Balaban J connectivity index is 1.62. The maximum atomic E-state index is 12.8. The SMILES string of the molecule is Cc1ccc(SCCNC(=O)/C(=C/c2cccs2)NC(=O)c2cccc(C)c2)cc1. The average Bonchev–Trinajstić information content (AvgIpc) is 3.25. The van der Waals surface area contributed by atoms with Gasteiger partial charge in [-0.1, -0.05) is 41.5 Å². The lowest BCUT2D eigenvalue weighted by molar-refractivity contribution is -0.117. The van der Waals surface area contributed by atoms with E-state index < -0.39 is 0 Å². The molecule has 4 nitrogen and oxygen atoms in total. The third-order valence-corrected chi connectivity index (χ3v) is 6.11. The number of carbonyl (C=O) groups is 2. The van der Waals surface area contributed by atoms with Gasteiger partial charge in [-0.2, -0.15) is 0 Å². The van der Waals surface area contributed by atoms with Crippen molar-refractivity contribution in [1.29, 1.82) is 0 Å². The Hall–Kier alpha value is -2.83. The third-order valence-electron chi connectivity index (χ3n) is 4.28. The number of carbonyl (C=O) groups excluding carboxylic acids is 2. The molecule has 3 rings (SSSR count). The van der Waals surface area contributed by atoms with E-state index in [2.05, 4.69) is 41.8 Å². The Morgan fingerprint density at radius 1 is 1.00 bits per heavy atom. The second kappa shape index (κ2) is 10.8. The van der Waals surface area contributed by atoms with Crippen LogP contribution in [-0.4, -0.2) is 24.1 Å². The van der Waals surface area contributed by atoms with Crippen LogP contribution in [0.25, 0.3) is 6.08 Å². The van der Waals surface area contributed by atoms with Gasteiger partial charge in [0.25, 0.3) is 11.8 Å². The summed E-state index contributed by atoms with van der Waals surface area (Å²) >= 11 is 3.19. The van der Waals surface area contributed by atoms with Crippen molar-refractivity contribution >= 4 is 41.0 Å². The number of hydrogen-bond acceptors (Lipinski definition) is 4. The van der Waals surface area contributed by atoms with Crippen LogP contribution >= 0.6 is 23.1 Å². The first-order valence-electron chi connectivity index (χ1n) is 9.62. The predicted molar refractivity (Wildman–Crippen MR) is 126 cm³/mol. The first-order valence-corrected chi connectivity index (χ1v) is 11.5. The summed E-state index contributed by atoms with van der Waals surface area (Å²) < 4.78 is 0. The lowest BCUT2D eigenvalue weighted by atomic mass is 10.1. The van der Waals surface area contributed by atoms with Crippen molar-refractivity contribution in [2.24, 2.45) is 0 Å². The fourth-order valence-electron chi connectivity index (χ4n) is 2.72. The van der Waals surface area contributed by atoms with Crippen molar-refractivity contribution in [3.05, 3.63) is 93.3 Å². The highest BCUT2D eigenvalue weighted by Crippen LogP contribution is 2.18. The van der Waals surface area contributed by atoms with Gasteiger partial charge < -0.3 is 10.6 Å². The zero-order valence-electron chi connectivity index (χ0n) is 17.0. The number of rotatable bonds is 8. The molecule has 154 valence electrons. The quantitative estimate of drug-likeness (QED) is 0.295. The molecule has 0 fully saturated rings. The number of amides is 2. The minimum absolute atomic E-state index is 0.240. The van der Waals surface area contributed by atoms with E-state index in [1.165, 1.54) is 16.9 Å². The van der Waals surface area contributed by atoms with Gasteiger partial charge in [0.1, 0.15) is 5.70 Å². The highest BCUT2D eigenvalue weighted by molar-refractivity contribution is 7.99. The van der Waals surface area contributed by atoms with Crippen LogP contribution in [0.1, 0.15) is 26.4 Å². The number of thioether (sulfide) groups is 1. The molecule has 0 saturated carbocycles. The molecule has 3 aromatic rings. The van der Waals surface area contributed by atoms with E-state index in [9.17, 15) is 9.59 Å². The lowest BCUT2D eigenvalue weighted by Gasteiger charge is -2.11. The van der Waals surface area contributed by atoms with Crippen molar-refractivity contribution in [1.82, 2.24) is 10.6 Å². The molecule has 0 spiro atoms. The lowest BCUT2D eigenvalue weighted by Crippen LogP contribution is -2.35. The standard InChI is InChI=1S/C24H24N2O2S2/c1-17-8-10-20(11-9-17)30-14-12-25-24(28)22(16-21-7-4-13-29-21)26-23(27)19-6-3-5-18(2)15-19/h3-11,13,15-16H,12,14H2,1-2H3,(H,25,28)(H,26,27)/b22-16-. The maximum absolute atomic E-state index is 12.8. The molecule has 0 radical (unpaired) electrons. The van der Waals surface area contributed by atoms with Crippen LogP contribution in [0.2, 0.25) is 0 Å². The van der Waals surface area contributed by atoms with Crippen LogP contribution in [0.15, 0.2) is 76.6 Å². The maximum Gasteiger partial charge on any atom is 0.267 e. The Morgan fingerprint density at radius 3 is 2.50 bits per heavy atom. The van der Waals surface area contributed by atoms with Crippen LogP contribution in [0, 0.1) is 13.8 Å². The first-order chi connectivity index (χ1) is 14.5. The Kier molecular flexibility index (Phi) is 7.88. The molecule has 6 heteroatoms. The van der Waals surface area contributed by atoms with Gasteiger partial charge in [-0.25, -0.2) is 0 Å². The van der Waals surface area contributed by atoms with E-state index in [0.29, 0.717) is 12.1 Å². The van der Waals surface area contributed by atoms with Crippen molar-refractivity contribution in [3.8, 4) is 0 Å². The summed E-state index contributed by atoms with van der Waals surface area (Å²) in [5.74, 6) is 0.145. The van der Waals surface area contributed by atoms with E-state index >= 15 is 0 Å². The van der Waals surface area contributed by atoms with Crippen LogP contribution in [0.3, 0.4) is 0 Å². The molecule has 0 unspecified atom stereocenters. The van der Waals surface area contributed by atoms with Crippen LogP contribution in [-0.2, 0) is 4.79 Å². The molecule has 0 aliphatic carbocycles. The number of aryl methyl sites for hydroxylation is 2. The molecular formula is C24H24N2O2S2.